The SMILES string of the molecule is CCCC[C@H](c1ccc(F)cc1Br)N1CCNCC1.Cl.Cl. The van der Waals surface area contributed by atoms with Gasteiger partial charge in [-0.1, -0.05) is 41.8 Å². The first kappa shape index (κ1) is 21.1. The van der Waals surface area contributed by atoms with Crippen molar-refractivity contribution in [1.82, 2.24) is 10.2 Å². The fourth-order valence-corrected chi connectivity index (χ4v) is 3.31. The van der Waals surface area contributed by atoms with Crippen LogP contribution in [0.3, 0.4) is 0 Å². The molecule has 122 valence electrons. The molecule has 0 aromatic heterocycles. The molecule has 0 saturated carbocycles. The van der Waals surface area contributed by atoms with Gasteiger partial charge < -0.3 is 5.32 Å². The Morgan fingerprint density at radius 1 is 1.29 bits per heavy atom. The lowest BCUT2D eigenvalue weighted by atomic mass is 9.98. The predicted octanol–water partition coefficient (Wildman–Crippen LogP) is 4.57. The van der Waals surface area contributed by atoms with Crippen LogP contribution in [0.25, 0.3) is 0 Å². The van der Waals surface area contributed by atoms with Gasteiger partial charge in [0.15, 0.2) is 0 Å². The first-order valence-electron chi connectivity index (χ1n) is 7.12. The number of benzene rings is 1. The lowest BCUT2D eigenvalue weighted by molar-refractivity contribution is 0.162. The molecule has 0 spiro atoms. The van der Waals surface area contributed by atoms with Gasteiger partial charge in [0.25, 0.3) is 0 Å². The molecule has 6 heteroatoms. The van der Waals surface area contributed by atoms with Crippen LogP contribution in [-0.2, 0) is 0 Å². The highest BCUT2D eigenvalue weighted by molar-refractivity contribution is 9.10. The van der Waals surface area contributed by atoms with Gasteiger partial charge in [0.1, 0.15) is 5.82 Å². The number of halogens is 4. The maximum Gasteiger partial charge on any atom is 0.124 e. The van der Waals surface area contributed by atoms with E-state index in [0.29, 0.717) is 6.04 Å². The average molecular weight is 402 g/mol. The van der Waals surface area contributed by atoms with Crippen molar-refractivity contribution in [2.24, 2.45) is 0 Å². The van der Waals surface area contributed by atoms with Gasteiger partial charge >= 0.3 is 0 Å². The maximum atomic E-state index is 13.3. The van der Waals surface area contributed by atoms with Gasteiger partial charge in [0, 0.05) is 36.7 Å². The molecule has 1 aliphatic heterocycles. The van der Waals surface area contributed by atoms with Crippen LogP contribution < -0.4 is 5.32 Å². The van der Waals surface area contributed by atoms with Gasteiger partial charge in [-0.25, -0.2) is 4.39 Å². The van der Waals surface area contributed by atoms with Gasteiger partial charge in [-0.05, 0) is 24.1 Å². The molecule has 1 heterocycles. The van der Waals surface area contributed by atoms with E-state index in [1.165, 1.54) is 18.4 Å². The van der Waals surface area contributed by atoms with Crippen LogP contribution in [0.15, 0.2) is 22.7 Å². The Morgan fingerprint density at radius 2 is 1.95 bits per heavy atom. The molecular formula is C15H24BrCl2FN2. The number of rotatable bonds is 5. The van der Waals surface area contributed by atoms with Crippen LogP contribution >= 0.6 is 40.7 Å². The standard InChI is InChI=1S/C15H22BrFN2.2ClH/c1-2-3-4-15(19-9-7-18-8-10-19)13-6-5-12(17)11-14(13)16;;/h5-6,11,15,18H,2-4,7-10H2,1H3;2*1H/t15-;;/m1../s1. The first-order valence-corrected chi connectivity index (χ1v) is 7.91. The van der Waals surface area contributed by atoms with E-state index in [-0.39, 0.29) is 30.6 Å². The van der Waals surface area contributed by atoms with Crippen LogP contribution in [0.1, 0.15) is 37.8 Å². The van der Waals surface area contributed by atoms with E-state index in [1.807, 2.05) is 6.07 Å². The van der Waals surface area contributed by atoms with E-state index >= 15 is 0 Å². The van der Waals surface area contributed by atoms with Crippen molar-refractivity contribution in [2.45, 2.75) is 32.2 Å². The summed E-state index contributed by atoms with van der Waals surface area (Å²) in [5.74, 6) is -0.176. The Bertz CT molecular complexity index is 415. The van der Waals surface area contributed by atoms with E-state index in [9.17, 15) is 4.39 Å². The average Bonchev–Trinajstić information content (AvgIpc) is 2.42. The fraction of sp³-hybridized carbons (Fsp3) is 0.600. The van der Waals surface area contributed by atoms with Crippen LogP contribution in [0.2, 0.25) is 0 Å². The third-order valence-corrected chi connectivity index (χ3v) is 4.43. The minimum atomic E-state index is -0.176. The third kappa shape index (κ3) is 6.03. The second-order valence-corrected chi connectivity index (χ2v) is 5.96. The number of hydrogen-bond donors (Lipinski definition) is 1. The number of unbranched alkanes of at least 4 members (excludes halogenated alkanes) is 1. The molecule has 2 rings (SSSR count). The molecule has 1 fully saturated rings. The Balaban J connectivity index is 0.00000200. The number of piperazine rings is 1. The molecule has 1 aliphatic rings. The Hall–Kier alpha value is 0.130. The molecule has 1 saturated heterocycles. The van der Waals surface area contributed by atoms with Gasteiger partial charge in [-0.3, -0.25) is 4.90 Å². The summed E-state index contributed by atoms with van der Waals surface area (Å²) in [6.45, 7) is 6.44. The molecular weight excluding hydrogens is 378 g/mol. The lowest BCUT2D eigenvalue weighted by Gasteiger charge is -2.35. The summed E-state index contributed by atoms with van der Waals surface area (Å²) < 4.78 is 14.1. The molecule has 21 heavy (non-hydrogen) atoms. The zero-order chi connectivity index (χ0) is 13.7. The van der Waals surface area contributed by atoms with Crippen LogP contribution in [-0.4, -0.2) is 31.1 Å². The summed E-state index contributed by atoms with van der Waals surface area (Å²) in [5.41, 5.74) is 1.22. The third-order valence-electron chi connectivity index (χ3n) is 3.74. The normalized spacial score (nSPS) is 16.7. The van der Waals surface area contributed by atoms with Crippen molar-refractivity contribution < 1.29 is 4.39 Å². The van der Waals surface area contributed by atoms with Crippen molar-refractivity contribution in [3.05, 3.63) is 34.1 Å². The largest absolute Gasteiger partial charge is 0.314 e. The van der Waals surface area contributed by atoms with E-state index < -0.39 is 0 Å². The van der Waals surface area contributed by atoms with Crippen molar-refractivity contribution in [1.29, 1.82) is 0 Å². The second-order valence-electron chi connectivity index (χ2n) is 5.11. The highest BCUT2D eigenvalue weighted by atomic mass is 79.9. The van der Waals surface area contributed by atoms with Crippen LogP contribution in [0, 0.1) is 5.82 Å². The molecule has 1 aromatic rings. The fourth-order valence-electron chi connectivity index (χ4n) is 2.70. The maximum absolute atomic E-state index is 13.3. The zero-order valence-electron chi connectivity index (χ0n) is 12.3. The van der Waals surface area contributed by atoms with Crippen molar-refractivity contribution in [3.8, 4) is 0 Å². The lowest BCUT2D eigenvalue weighted by Crippen LogP contribution is -2.45. The molecule has 0 amide bonds. The summed E-state index contributed by atoms with van der Waals surface area (Å²) in [6.07, 6.45) is 3.54. The molecule has 1 aromatic carbocycles. The Kier molecular flexibility index (Phi) is 10.9. The van der Waals surface area contributed by atoms with Crippen molar-refractivity contribution >= 4 is 40.7 Å². The minimum Gasteiger partial charge on any atom is -0.314 e. The monoisotopic (exact) mass is 400 g/mol. The van der Waals surface area contributed by atoms with Gasteiger partial charge in [-0.15, -0.1) is 24.8 Å². The quantitative estimate of drug-likeness (QED) is 0.777. The topological polar surface area (TPSA) is 15.3 Å². The van der Waals surface area contributed by atoms with Crippen LogP contribution in [0.5, 0.6) is 0 Å². The number of nitrogens with zero attached hydrogens (tertiary/aromatic N) is 1. The summed E-state index contributed by atoms with van der Waals surface area (Å²) >= 11 is 3.52. The molecule has 0 unspecified atom stereocenters. The molecule has 0 bridgehead atoms. The van der Waals surface area contributed by atoms with Crippen LogP contribution in [0.4, 0.5) is 4.39 Å². The molecule has 0 aliphatic carbocycles. The summed E-state index contributed by atoms with van der Waals surface area (Å²) in [4.78, 5) is 2.52. The van der Waals surface area contributed by atoms with E-state index in [1.54, 1.807) is 12.1 Å². The van der Waals surface area contributed by atoms with Gasteiger partial charge in [-0.2, -0.15) is 0 Å². The second kappa shape index (κ2) is 10.8. The van der Waals surface area contributed by atoms with E-state index in [0.717, 1.165) is 37.1 Å². The van der Waals surface area contributed by atoms with Crippen molar-refractivity contribution in [2.75, 3.05) is 26.2 Å². The van der Waals surface area contributed by atoms with E-state index in [2.05, 4.69) is 33.1 Å². The summed E-state index contributed by atoms with van der Waals surface area (Å²) in [7, 11) is 0. The zero-order valence-corrected chi connectivity index (χ0v) is 15.5. The highest BCUT2D eigenvalue weighted by Gasteiger charge is 2.23. The smallest absolute Gasteiger partial charge is 0.124 e. The minimum absolute atomic E-state index is 0. The molecule has 0 radical (unpaired) electrons. The Labute approximate surface area is 147 Å². The number of nitrogens with one attached hydrogen (secondary N) is 1. The number of hydrogen-bond acceptors (Lipinski definition) is 2. The highest BCUT2D eigenvalue weighted by Crippen LogP contribution is 2.32. The summed E-state index contributed by atoms with van der Waals surface area (Å²) in [6, 6.07) is 5.48. The molecule has 1 N–H and O–H groups in total. The van der Waals surface area contributed by atoms with Gasteiger partial charge in [0.2, 0.25) is 0 Å². The van der Waals surface area contributed by atoms with Crippen molar-refractivity contribution in [3.63, 3.8) is 0 Å². The Morgan fingerprint density at radius 3 is 2.52 bits per heavy atom. The van der Waals surface area contributed by atoms with Gasteiger partial charge in [0.05, 0.1) is 0 Å². The summed E-state index contributed by atoms with van der Waals surface area (Å²) in [5, 5.41) is 3.39. The molecule has 1 atom stereocenters. The predicted molar refractivity (Wildman–Crippen MR) is 95.3 cm³/mol. The first-order chi connectivity index (χ1) is 9.22. The van der Waals surface area contributed by atoms with E-state index in [4.69, 9.17) is 0 Å². The molecule has 2 nitrogen and oxygen atoms in total.